The molecule has 0 bridgehead atoms. The minimum Gasteiger partial charge on any atom is -0.481 e. The van der Waals surface area contributed by atoms with Crippen LogP contribution in [0.25, 0.3) is 0 Å². The maximum absolute atomic E-state index is 12.0. The fraction of sp³-hybridized carbons (Fsp3) is 0.417. The van der Waals surface area contributed by atoms with Gasteiger partial charge in [0.05, 0.1) is 11.3 Å². The number of benzene rings is 1. The summed E-state index contributed by atoms with van der Waals surface area (Å²) in [4.78, 5) is 20.9. The third-order valence-electron chi connectivity index (χ3n) is 2.82. The van der Waals surface area contributed by atoms with Gasteiger partial charge in [0.1, 0.15) is 0 Å². The van der Waals surface area contributed by atoms with E-state index < -0.39 is 26.9 Å². The maximum atomic E-state index is 12.0. The molecule has 1 aromatic carbocycles. The number of hydrogen-bond acceptors (Lipinski definition) is 4. The Morgan fingerprint density at radius 3 is 2.68 bits per heavy atom. The summed E-state index contributed by atoms with van der Waals surface area (Å²) in [6.45, 7) is 3.20. The van der Waals surface area contributed by atoms with Gasteiger partial charge in [-0.25, -0.2) is 0 Å². The SMILES string of the molecule is Cc1c(CS(=O)C(C)CC(=O)O)cccc1[N+](=O)[O-]. The van der Waals surface area contributed by atoms with Crippen LogP contribution in [-0.2, 0) is 21.3 Å². The van der Waals surface area contributed by atoms with Crippen LogP contribution in [0.1, 0.15) is 24.5 Å². The average Bonchev–Trinajstić information content (AvgIpc) is 2.30. The van der Waals surface area contributed by atoms with Crippen molar-refractivity contribution in [2.24, 2.45) is 0 Å². The molecular weight excluding hydrogens is 270 g/mol. The van der Waals surface area contributed by atoms with Crippen LogP contribution in [0.15, 0.2) is 18.2 Å². The van der Waals surface area contributed by atoms with Crippen LogP contribution in [0.5, 0.6) is 0 Å². The fourth-order valence-corrected chi connectivity index (χ4v) is 2.89. The Balaban J connectivity index is 2.88. The number of carbonyl (C=O) groups is 1. The number of carboxylic acid groups (broad SMARTS) is 1. The highest BCUT2D eigenvalue weighted by molar-refractivity contribution is 7.84. The summed E-state index contributed by atoms with van der Waals surface area (Å²) in [6.07, 6.45) is -0.180. The molecule has 6 nitrogen and oxygen atoms in total. The van der Waals surface area contributed by atoms with E-state index in [4.69, 9.17) is 5.11 Å². The third-order valence-corrected chi connectivity index (χ3v) is 4.48. The largest absolute Gasteiger partial charge is 0.481 e. The molecule has 0 aliphatic heterocycles. The van der Waals surface area contributed by atoms with Crippen molar-refractivity contribution in [1.29, 1.82) is 0 Å². The molecule has 1 aromatic rings. The van der Waals surface area contributed by atoms with Gasteiger partial charge in [0.15, 0.2) is 0 Å². The number of nitro groups is 1. The van der Waals surface area contributed by atoms with E-state index in [9.17, 15) is 19.1 Å². The topological polar surface area (TPSA) is 97.5 Å². The highest BCUT2D eigenvalue weighted by atomic mass is 32.2. The Morgan fingerprint density at radius 2 is 2.16 bits per heavy atom. The zero-order chi connectivity index (χ0) is 14.6. The van der Waals surface area contributed by atoms with Crippen molar-refractivity contribution in [3.8, 4) is 0 Å². The first-order valence-electron chi connectivity index (χ1n) is 5.64. The molecular formula is C12H15NO5S. The van der Waals surface area contributed by atoms with Gasteiger partial charge in [0.25, 0.3) is 5.69 Å². The molecule has 2 unspecified atom stereocenters. The molecule has 0 aromatic heterocycles. The zero-order valence-corrected chi connectivity index (χ0v) is 11.5. The van der Waals surface area contributed by atoms with Crippen molar-refractivity contribution in [2.45, 2.75) is 31.3 Å². The molecule has 0 amide bonds. The summed E-state index contributed by atoms with van der Waals surface area (Å²) in [5, 5.41) is 18.9. The van der Waals surface area contributed by atoms with Gasteiger partial charge in [-0.3, -0.25) is 19.1 Å². The number of hydrogen-bond donors (Lipinski definition) is 1. The Bertz CT molecular complexity index is 529. The van der Waals surface area contributed by atoms with E-state index in [0.29, 0.717) is 11.1 Å². The fourth-order valence-electron chi connectivity index (χ4n) is 1.66. The Hall–Kier alpha value is -1.76. The van der Waals surface area contributed by atoms with E-state index in [-0.39, 0.29) is 17.9 Å². The number of rotatable bonds is 6. The van der Waals surface area contributed by atoms with Crippen LogP contribution >= 0.6 is 0 Å². The smallest absolute Gasteiger partial charge is 0.304 e. The molecule has 0 spiro atoms. The van der Waals surface area contributed by atoms with Crippen molar-refractivity contribution in [1.82, 2.24) is 0 Å². The van der Waals surface area contributed by atoms with Crippen LogP contribution in [0.4, 0.5) is 5.69 Å². The summed E-state index contributed by atoms with van der Waals surface area (Å²) in [7, 11) is -1.37. The van der Waals surface area contributed by atoms with Crippen LogP contribution in [-0.4, -0.2) is 25.5 Å². The lowest BCUT2D eigenvalue weighted by Gasteiger charge is -2.10. The van der Waals surface area contributed by atoms with E-state index in [0.717, 1.165) is 0 Å². The maximum Gasteiger partial charge on any atom is 0.304 e. The minimum absolute atomic E-state index is 0.0135. The number of carboxylic acids is 1. The molecule has 1 rings (SSSR count). The summed E-state index contributed by atoms with van der Waals surface area (Å²) < 4.78 is 12.0. The average molecular weight is 285 g/mol. The van der Waals surface area contributed by atoms with Gasteiger partial charge in [-0.1, -0.05) is 19.1 Å². The van der Waals surface area contributed by atoms with Gasteiger partial charge in [-0.05, 0) is 12.5 Å². The Morgan fingerprint density at radius 1 is 1.53 bits per heavy atom. The van der Waals surface area contributed by atoms with Crippen molar-refractivity contribution in [3.05, 3.63) is 39.4 Å². The highest BCUT2D eigenvalue weighted by Crippen LogP contribution is 2.23. The second kappa shape index (κ2) is 6.42. The first-order chi connectivity index (χ1) is 8.82. The quantitative estimate of drug-likeness (QED) is 0.637. The van der Waals surface area contributed by atoms with Crippen LogP contribution in [0, 0.1) is 17.0 Å². The molecule has 104 valence electrons. The van der Waals surface area contributed by atoms with Crippen molar-refractivity contribution < 1.29 is 19.0 Å². The number of nitro benzene ring substituents is 1. The van der Waals surface area contributed by atoms with Crippen molar-refractivity contribution >= 4 is 22.5 Å². The highest BCUT2D eigenvalue weighted by Gasteiger charge is 2.19. The Kier molecular flexibility index (Phi) is 5.17. The molecule has 7 heteroatoms. The van der Waals surface area contributed by atoms with Crippen LogP contribution < -0.4 is 0 Å². The molecule has 0 radical (unpaired) electrons. The standard InChI is InChI=1S/C12H15NO5S/c1-8(6-12(14)15)19(18)7-10-4-3-5-11(9(10)2)13(16)17/h3-5,8H,6-7H2,1-2H3,(H,14,15). The molecule has 2 atom stereocenters. The zero-order valence-electron chi connectivity index (χ0n) is 10.7. The van der Waals surface area contributed by atoms with Gasteiger partial charge >= 0.3 is 5.97 Å². The second-order valence-electron chi connectivity index (χ2n) is 4.25. The summed E-state index contributed by atoms with van der Waals surface area (Å²) in [5.41, 5.74) is 1.08. The number of aliphatic carboxylic acids is 1. The third kappa shape index (κ3) is 4.13. The molecule has 1 N–H and O–H groups in total. The van der Waals surface area contributed by atoms with E-state index in [1.807, 2.05) is 0 Å². The normalized spacial score (nSPS) is 13.8. The lowest BCUT2D eigenvalue weighted by molar-refractivity contribution is -0.385. The minimum atomic E-state index is -1.37. The van der Waals surface area contributed by atoms with E-state index in [1.165, 1.54) is 6.07 Å². The lowest BCUT2D eigenvalue weighted by atomic mass is 10.1. The monoisotopic (exact) mass is 285 g/mol. The molecule has 0 aliphatic carbocycles. The van der Waals surface area contributed by atoms with E-state index in [1.54, 1.807) is 26.0 Å². The van der Waals surface area contributed by atoms with E-state index >= 15 is 0 Å². The first-order valence-corrected chi connectivity index (χ1v) is 7.03. The summed E-state index contributed by atoms with van der Waals surface area (Å²) >= 11 is 0. The number of nitrogens with zero attached hydrogens (tertiary/aromatic N) is 1. The molecule has 0 heterocycles. The first kappa shape index (κ1) is 15.3. The molecule has 0 saturated heterocycles. The Labute approximate surface area is 113 Å². The van der Waals surface area contributed by atoms with Gasteiger partial charge in [0, 0.05) is 33.4 Å². The second-order valence-corrected chi connectivity index (χ2v) is 6.11. The van der Waals surface area contributed by atoms with E-state index in [2.05, 4.69) is 0 Å². The van der Waals surface area contributed by atoms with Gasteiger partial charge in [-0.15, -0.1) is 0 Å². The lowest BCUT2D eigenvalue weighted by Crippen LogP contribution is -2.17. The van der Waals surface area contributed by atoms with Crippen molar-refractivity contribution in [3.63, 3.8) is 0 Å². The summed E-state index contributed by atoms with van der Waals surface area (Å²) in [6, 6.07) is 4.61. The van der Waals surface area contributed by atoms with Crippen molar-refractivity contribution in [2.75, 3.05) is 0 Å². The van der Waals surface area contributed by atoms with Crippen LogP contribution in [0.3, 0.4) is 0 Å². The molecule has 0 fully saturated rings. The van der Waals surface area contributed by atoms with Gasteiger partial charge in [0.2, 0.25) is 0 Å². The molecule has 19 heavy (non-hydrogen) atoms. The van der Waals surface area contributed by atoms with Gasteiger partial charge < -0.3 is 5.11 Å². The van der Waals surface area contributed by atoms with Gasteiger partial charge in [-0.2, -0.15) is 0 Å². The van der Waals surface area contributed by atoms with Crippen LogP contribution in [0.2, 0.25) is 0 Å². The predicted octanol–water partition coefficient (Wildman–Crippen LogP) is 2.02. The summed E-state index contributed by atoms with van der Waals surface area (Å²) in [5.74, 6) is -0.876. The predicted molar refractivity (Wildman–Crippen MR) is 71.4 cm³/mol. The molecule has 0 aliphatic rings. The molecule has 0 saturated carbocycles.